The molecular formula is C26H29N3O3. The van der Waals surface area contributed by atoms with Crippen molar-refractivity contribution in [2.24, 2.45) is 0 Å². The number of carbonyl (C=O) groups excluding carboxylic acids is 2. The average Bonchev–Trinajstić information content (AvgIpc) is 3.35. The van der Waals surface area contributed by atoms with Gasteiger partial charge < -0.3 is 14.6 Å². The summed E-state index contributed by atoms with van der Waals surface area (Å²) in [5.74, 6) is 0.418. The standard InChI is InChI=1S/C26H29N3O3/c1-19(2)21-10-8-20(9-11-21)18-28-12-14-29(15-13-28)26(31)22-5-3-6-23(17-22)27-25(30)24-7-4-16-32-24/h3-11,16-17,19H,12-15,18H2,1-2H3,(H,27,30). The van der Waals surface area contributed by atoms with Crippen molar-refractivity contribution in [2.75, 3.05) is 31.5 Å². The summed E-state index contributed by atoms with van der Waals surface area (Å²) < 4.78 is 5.12. The summed E-state index contributed by atoms with van der Waals surface area (Å²) >= 11 is 0. The minimum atomic E-state index is -0.338. The molecule has 0 unspecified atom stereocenters. The molecule has 1 saturated heterocycles. The lowest BCUT2D eigenvalue weighted by atomic mass is 10.0. The van der Waals surface area contributed by atoms with Gasteiger partial charge in [-0.15, -0.1) is 0 Å². The van der Waals surface area contributed by atoms with Crippen LogP contribution in [-0.2, 0) is 6.54 Å². The highest BCUT2D eigenvalue weighted by Crippen LogP contribution is 2.18. The van der Waals surface area contributed by atoms with Gasteiger partial charge in [0.15, 0.2) is 5.76 Å². The number of nitrogens with zero attached hydrogens (tertiary/aromatic N) is 2. The summed E-state index contributed by atoms with van der Waals surface area (Å²) in [4.78, 5) is 29.5. The normalized spacial score (nSPS) is 14.5. The molecular weight excluding hydrogens is 402 g/mol. The number of furan rings is 1. The van der Waals surface area contributed by atoms with E-state index in [-0.39, 0.29) is 17.6 Å². The van der Waals surface area contributed by atoms with Gasteiger partial charge in [-0.3, -0.25) is 14.5 Å². The van der Waals surface area contributed by atoms with Gasteiger partial charge in [0.05, 0.1) is 6.26 Å². The fourth-order valence-corrected chi connectivity index (χ4v) is 3.89. The van der Waals surface area contributed by atoms with Crippen LogP contribution in [0, 0.1) is 0 Å². The first-order valence-electron chi connectivity index (χ1n) is 11.0. The van der Waals surface area contributed by atoms with Crippen LogP contribution in [0.3, 0.4) is 0 Å². The van der Waals surface area contributed by atoms with Crippen LogP contribution in [0.15, 0.2) is 71.3 Å². The largest absolute Gasteiger partial charge is 0.459 e. The summed E-state index contributed by atoms with van der Waals surface area (Å²) in [6.07, 6.45) is 1.45. The second-order valence-corrected chi connectivity index (χ2v) is 8.48. The maximum absolute atomic E-state index is 13.0. The predicted octanol–water partition coefficient (Wildman–Crippen LogP) is 4.61. The molecule has 166 valence electrons. The summed E-state index contributed by atoms with van der Waals surface area (Å²) in [6, 6.07) is 19.1. The topological polar surface area (TPSA) is 65.8 Å². The van der Waals surface area contributed by atoms with Gasteiger partial charge in [-0.25, -0.2) is 0 Å². The smallest absolute Gasteiger partial charge is 0.291 e. The first kappa shape index (κ1) is 21.8. The summed E-state index contributed by atoms with van der Waals surface area (Å²) in [6.45, 7) is 8.35. The van der Waals surface area contributed by atoms with E-state index in [2.05, 4.69) is 48.3 Å². The van der Waals surface area contributed by atoms with Gasteiger partial charge in [0.1, 0.15) is 0 Å². The van der Waals surface area contributed by atoms with Crippen LogP contribution in [0.4, 0.5) is 5.69 Å². The molecule has 0 spiro atoms. The van der Waals surface area contributed by atoms with E-state index in [1.807, 2.05) is 4.90 Å². The first-order valence-corrected chi connectivity index (χ1v) is 11.0. The molecule has 4 rings (SSSR count). The number of amides is 2. The second kappa shape index (κ2) is 9.83. The van der Waals surface area contributed by atoms with Gasteiger partial charge in [-0.1, -0.05) is 44.2 Å². The second-order valence-electron chi connectivity index (χ2n) is 8.48. The lowest BCUT2D eigenvalue weighted by molar-refractivity contribution is 0.0628. The van der Waals surface area contributed by atoms with Crippen molar-refractivity contribution < 1.29 is 14.0 Å². The van der Waals surface area contributed by atoms with E-state index in [0.29, 0.717) is 30.3 Å². The third kappa shape index (κ3) is 5.26. The Balaban J connectivity index is 1.31. The molecule has 1 aliphatic heterocycles. The monoisotopic (exact) mass is 431 g/mol. The number of rotatable bonds is 6. The fourth-order valence-electron chi connectivity index (χ4n) is 3.89. The van der Waals surface area contributed by atoms with Gasteiger partial charge in [0.2, 0.25) is 0 Å². The van der Waals surface area contributed by atoms with Gasteiger partial charge in [-0.2, -0.15) is 0 Å². The molecule has 6 heteroatoms. The Kier molecular flexibility index (Phi) is 6.71. The molecule has 0 aliphatic carbocycles. The quantitative estimate of drug-likeness (QED) is 0.619. The Labute approximate surface area is 188 Å². The van der Waals surface area contributed by atoms with Crippen molar-refractivity contribution in [3.05, 3.63) is 89.4 Å². The van der Waals surface area contributed by atoms with Gasteiger partial charge in [0, 0.05) is 44.0 Å². The highest BCUT2D eigenvalue weighted by molar-refractivity contribution is 6.03. The lowest BCUT2D eigenvalue weighted by Gasteiger charge is -2.35. The van der Waals surface area contributed by atoms with Crippen LogP contribution in [0.2, 0.25) is 0 Å². The summed E-state index contributed by atoms with van der Waals surface area (Å²) in [5, 5.41) is 2.78. The molecule has 0 saturated carbocycles. The van der Waals surface area contributed by atoms with Crippen LogP contribution < -0.4 is 5.32 Å². The summed E-state index contributed by atoms with van der Waals surface area (Å²) in [5.41, 5.74) is 3.79. The minimum absolute atomic E-state index is 0.0139. The van der Waals surface area contributed by atoms with Crippen LogP contribution in [0.5, 0.6) is 0 Å². The summed E-state index contributed by atoms with van der Waals surface area (Å²) in [7, 11) is 0. The molecule has 2 heterocycles. The van der Waals surface area contributed by atoms with Crippen molar-refractivity contribution in [3.63, 3.8) is 0 Å². The molecule has 1 N–H and O–H groups in total. The van der Waals surface area contributed by atoms with Crippen molar-refractivity contribution >= 4 is 17.5 Å². The van der Waals surface area contributed by atoms with Gasteiger partial charge in [-0.05, 0) is 47.4 Å². The molecule has 1 aliphatic rings. The highest BCUT2D eigenvalue weighted by Gasteiger charge is 2.22. The first-order chi connectivity index (χ1) is 15.5. The van der Waals surface area contributed by atoms with Crippen LogP contribution in [0.25, 0.3) is 0 Å². The number of hydrogen-bond acceptors (Lipinski definition) is 4. The third-order valence-electron chi connectivity index (χ3n) is 5.82. The molecule has 1 fully saturated rings. The Bertz CT molecular complexity index is 1050. The average molecular weight is 432 g/mol. The molecule has 1 aromatic heterocycles. The molecule has 3 aromatic rings. The Morgan fingerprint density at radius 1 is 0.969 bits per heavy atom. The van der Waals surface area contributed by atoms with Gasteiger partial charge in [0.25, 0.3) is 11.8 Å². The van der Waals surface area contributed by atoms with E-state index < -0.39 is 0 Å². The fraction of sp³-hybridized carbons (Fsp3) is 0.308. The van der Waals surface area contributed by atoms with E-state index in [4.69, 9.17) is 4.42 Å². The molecule has 6 nitrogen and oxygen atoms in total. The number of hydrogen-bond donors (Lipinski definition) is 1. The van der Waals surface area contributed by atoms with E-state index >= 15 is 0 Å². The molecule has 2 aromatic carbocycles. The molecule has 0 atom stereocenters. The minimum Gasteiger partial charge on any atom is -0.459 e. The number of benzene rings is 2. The molecule has 0 radical (unpaired) electrons. The SMILES string of the molecule is CC(C)c1ccc(CN2CCN(C(=O)c3cccc(NC(=O)c4ccco4)c3)CC2)cc1. The Morgan fingerprint density at radius 3 is 2.38 bits per heavy atom. The highest BCUT2D eigenvalue weighted by atomic mass is 16.3. The number of carbonyl (C=O) groups is 2. The lowest BCUT2D eigenvalue weighted by Crippen LogP contribution is -2.48. The zero-order chi connectivity index (χ0) is 22.5. The van der Waals surface area contributed by atoms with E-state index in [1.54, 1.807) is 36.4 Å². The van der Waals surface area contributed by atoms with Crippen molar-refractivity contribution in [1.82, 2.24) is 9.80 Å². The predicted molar refractivity (Wildman–Crippen MR) is 125 cm³/mol. The number of anilines is 1. The molecule has 32 heavy (non-hydrogen) atoms. The molecule has 0 bridgehead atoms. The van der Waals surface area contributed by atoms with E-state index in [0.717, 1.165) is 19.6 Å². The van der Waals surface area contributed by atoms with Gasteiger partial charge >= 0.3 is 0 Å². The van der Waals surface area contributed by atoms with Crippen LogP contribution in [0.1, 0.15) is 51.8 Å². The van der Waals surface area contributed by atoms with Crippen molar-refractivity contribution in [1.29, 1.82) is 0 Å². The van der Waals surface area contributed by atoms with Crippen molar-refractivity contribution in [3.8, 4) is 0 Å². The zero-order valence-electron chi connectivity index (χ0n) is 18.6. The van der Waals surface area contributed by atoms with E-state index in [9.17, 15) is 9.59 Å². The van der Waals surface area contributed by atoms with Crippen LogP contribution in [-0.4, -0.2) is 47.8 Å². The maximum atomic E-state index is 13.0. The third-order valence-corrected chi connectivity index (χ3v) is 5.82. The molecule has 2 amide bonds. The number of piperazine rings is 1. The zero-order valence-corrected chi connectivity index (χ0v) is 18.6. The number of nitrogens with one attached hydrogen (secondary N) is 1. The van der Waals surface area contributed by atoms with Crippen molar-refractivity contribution in [2.45, 2.75) is 26.3 Å². The Hall–Kier alpha value is -3.38. The Morgan fingerprint density at radius 2 is 1.72 bits per heavy atom. The van der Waals surface area contributed by atoms with Crippen LogP contribution >= 0.6 is 0 Å². The van der Waals surface area contributed by atoms with E-state index in [1.165, 1.54) is 17.4 Å². The maximum Gasteiger partial charge on any atom is 0.291 e.